The molecule has 1 aromatic carbocycles. The Balaban J connectivity index is 1.59. The van der Waals surface area contributed by atoms with E-state index >= 15 is 0 Å². The molecule has 0 saturated carbocycles. The Labute approximate surface area is 219 Å². The topological polar surface area (TPSA) is 122 Å². The second-order valence-corrected chi connectivity index (χ2v) is 10.0. The lowest BCUT2D eigenvalue weighted by atomic mass is 9.83. The van der Waals surface area contributed by atoms with E-state index in [2.05, 4.69) is 27.9 Å². The molecule has 1 saturated heterocycles. The van der Waals surface area contributed by atoms with Crippen LogP contribution in [0.1, 0.15) is 55.3 Å². The number of hydrogen-bond acceptors (Lipinski definition) is 7. The number of hydrogen-bond donors (Lipinski definition) is 2. The molecule has 0 spiro atoms. The summed E-state index contributed by atoms with van der Waals surface area (Å²) in [6, 6.07) is 7.63. The molecule has 0 bridgehead atoms. The van der Waals surface area contributed by atoms with Crippen molar-refractivity contribution in [2.45, 2.75) is 57.4 Å². The third-order valence-corrected chi connectivity index (χ3v) is 7.62. The maximum Gasteiger partial charge on any atom is 0.308 e. The van der Waals surface area contributed by atoms with Gasteiger partial charge in [-0.1, -0.05) is 25.5 Å². The number of benzene rings is 1. The molecule has 0 unspecified atom stereocenters. The molecular formula is C28H39N5O4. The van der Waals surface area contributed by atoms with Crippen LogP contribution in [-0.2, 0) is 22.4 Å². The monoisotopic (exact) mass is 509 g/mol. The molecule has 0 aliphatic carbocycles. The van der Waals surface area contributed by atoms with Gasteiger partial charge in [-0.3, -0.25) is 14.5 Å². The largest absolute Gasteiger partial charge is 0.493 e. The molecule has 9 nitrogen and oxygen atoms in total. The Morgan fingerprint density at radius 1 is 1.24 bits per heavy atom. The van der Waals surface area contributed by atoms with Crippen LogP contribution in [0.2, 0.25) is 0 Å². The number of ether oxygens (including phenoxy) is 1. The van der Waals surface area contributed by atoms with Gasteiger partial charge in [0.1, 0.15) is 12.1 Å². The van der Waals surface area contributed by atoms with E-state index in [0.717, 1.165) is 48.3 Å². The van der Waals surface area contributed by atoms with Gasteiger partial charge in [-0.15, -0.1) is 0 Å². The maximum atomic E-state index is 13.5. The Hall–Kier alpha value is -3.04. The summed E-state index contributed by atoms with van der Waals surface area (Å²) in [4.78, 5) is 38.5. The van der Waals surface area contributed by atoms with Gasteiger partial charge in [-0.2, -0.15) is 0 Å². The van der Waals surface area contributed by atoms with Gasteiger partial charge in [-0.05, 0) is 55.5 Å². The number of carboxylic acid groups (broad SMARTS) is 1. The summed E-state index contributed by atoms with van der Waals surface area (Å²) < 4.78 is 5.67. The zero-order valence-corrected chi connectivity index (χ0v) is 21.7. The number of aliphatic carboxylic acids is 1. The van der Waals surface area contributed by atoms with Crippen LogP contribution in [0.15, 0.2) is 36.8 Å². The van der Waals surface area contributed by atoms with Crippen molar-refractivity contribution in [1.82, 2.24) is 19.8 Å². The van der Waals surface area contributed by atoms with Crippen molar-refractivity contribution in [3.05, 3.63) is 53.6 Å². The molecule has 1 amide bonds. The van der Waals surface area contributed by atoms with E-state index in [4.69, 9.17) is 10.5 Å². The van der Waals surface area contributed by atoms with Gasteiger partial charge in [0.2, 0.25) is 5.91 Å². The lowest BCUT2D eigenvalue weighted by molar-refractivity contribution is -0.143. The minimum atomic E-state index is -0.824. The summed E-state index contributed by atoms with van der Waals surface area (Å²) in [5.41, 5.74) is 8.73. The highest BCUT2D eigenvalue weighted by molar-refractivity contribution is 5.79. The molecule has 4 rings (SSSR count). The summed E-state index contributed by atoms with van der Waals surface area (Å²) in [7, 11) is 0. The van der Waals surface area contributed by atoms with E-state index in [1.165, 1.54) is 6.33 Å². The summed E-state index contributed by atoms with van der Waals surface area (Å²) in [6.45, 7) is 5.36. The van der Waals surface area contributed by atoms with Crippen molar-refractivity contribution >= 4 is 11.9 Å². The number of amides is 1. The zero-order valence-electron chi connectivity index (χ0n) is 21.7. The highest BCUT2D eigenvalue weighted by atomic mass is 16.5. The van der Waals surface area contributed by atoms with Crippen molar-refractivity contribution in [3.8, 4) is 5.75 Å². The van der Waals surface area contributed by atoms with Gasteiger partial charge in [0.25, 0.3) is 0 Å². The Bertz CT molecular complexity index is 1040. The number of fused-ring (bicyclic) bond motifs is 1. The predicted molar refractivity (Wildman–Crippen MR) is 140 cm³/mol. The average Bonchev–Trinajstić information content (AvgIpc) is 3.52. The fourth-order valence-electron chi connectivity index (χ4n) is 5.66. The molecule has 3 atom stereocenters. The molecule has 200 valence electrons. The SMILES string of the molecule is CCCCN(CCCN)C(=O)CN1C[C@H](c2ccc3c(c2)CCO3)[C@@H](C(=O)O)[C@@H]1CCc1ccncn1. The fourth-order valence-corrected chi connectivity index (χ4v) is 5.66. The lowest BCUT2D eigenvalue weighted by Gasteiger charge is -2.29. The molecule has 3 heterocycles. The standard InChI is InChI=1S/C28H39N5O4/c1-2-3-13-32(14-4-11-29)26(34)18-33-17-23(20-5-8-25-21(16-20)10-15-37-25)27(28(35)36)24(33)7-6-22-9-12-30-19-31-22/h5,8-9,12,16,19,23-24,27H,2-4,6-7,10-11,13-15,17-18,29H2,1H3,(H,35,36)/t23-,24+,27-/m1/s1. The second-order valence-electron chi connectivity index (χ2n) is 10.0. The molecular weight excluding hydrogens is 470 g/mol. The number of nitrogens with zero attached hydrogens (tertiary/aromatic N) is 4. The minimum Gasteiger partial charge on any atom is -0.493 e. The number of carboxylic acids is 1. The van der Waals surface area contributed by atoms with Crippen molar-refractivity contribution in [1.29, 1.82) is 0 Å². The maximum absolute atomic E-state index is 13.5. The van der Waals surface area contributed by atoms with Gasteiger partial charge >= 0.3 is 5.97 Å². The quantitative estimate of drug-likeness (QED) is 0.422. The summed E-state index contributed by atoms with van der Waals surface area (Å²) in [5, 5.41) is 10.4. The normalized spacial score (nSPS) is 21.0. The molecule has 1 aromatic heterocycles. The smallest absolute Gasteiger partial charge is 0.308 e. The third-order valence-electron chi connectivity index (χ3n) is 7.62. The van der Waals surface area contributed by atoms with E-state index in [1.807, 2.05) is 23.1 Å². The predicted octanol–water partition coefficient (Wildman–Crippen LogP) is 2.49. The van der Waals surface area contributed by atoms with E-state index in [9.17, 15) is 14.7 Å². The molecule has 0 radical (unpaired) electrons. The number of unbranched alkanes of at least 4 members (excludes halogenated alkanes) is 1. The average molecular weight is 510 g/mol. The van der Waals surface area contributed by atoms with Crippen LogP contribution in [0, 0.1) is 5.92 Å². The first-order chi connectivity index (χ1) is 18.0. The van der Waals surface area contributed by atoms with Gasteiger partial charge in [0, 0.05) is 49.9 Å². The molecule has 37 heavy (non-hydrogen) atoms. The van der Waals surface area contributed by atoms with E-state index in [1.54, 1.807) is 6.20 Å². The summed E-state index contributed by atoms with van der Waals surface area (Å²) >= 11 is 0. The first-order valence-corrected chi connectivity index (χ1v) is 13.5. The van der Waals surface area contributed by atoms with Crippen molar-refractivity contribution in [2.75, 3.05) is 39.3 Å². The van der Waals surface area contributed by atoms with Crippen molar-refractivity contribution in [2.24, 2.45) is 11.7 Å². The Morgan fingerprint density at radius 2 is 2.08 bits per heavy atom. The molecule has 9 heteroatoms. The number of rotatable bonds is 13. The highest BCUT2D eigenvalue weighted by Gasteiger charge is 2.47. The Kier molecular flexibility index (Phi) is 9.46. The minimum absolute atomic E-state index is 0.0427. The fraction of sp³-hybridized carbons (Fsp3) is 0.571. The van der Waals surface area contributed by atoms with Crippen LogP contribution in [0.25, 0.3) is 0 Å². The molecule has 3 N–H and O–H groups in total. The number of likely N-dealkylation sites (tertiary alicyclic amines) is 1. The van der Waals surface area contributed by atoms with Crippen LogP contribution in [0.3, 0.4) is 0 Å². The van der Waals surface area contributed by atoms with Gasteiger partial charge in [0.05, 0.1) is 19.1 Å². The van der Waals surface area contributed by atoms with Crippen molar-refractivity contribution in [3.63, 3.8) is 0 Å². The molecule has 2 aliphatic heterocycles. The first-order valence-electron chi connectivity index (χ1n) is 13.5. The van der Waals surface area contributed by atoms with Crippen LogP contribution in [0.5, 0.6) is 5.75 Å². The summed E-state index contributed by atoms with van der Waals surface area (Å²) in [6.07, 6.45) is 7.96. The number of carbonyl (C=O) groups excluding carboxylic acids is 1. The van der Waals surface area contributed by atoms with Crippen LogP contribution < -0.4 is 10.5 Å². The number of aromatic nitrogens is 2. The van der Waals surface area contributed by atoms with E-state index in [-0.39, 0.29) is 24.4 Å². The van der Waals surface area contributed by atoms with Crippen LogP contribution >= 0.6 is 0 Å². The van der Waals surface area contributed by atoms with Crippen LogP contribution in [-0.4, -0.2) is 82.1 Å². The molecule has 2 aromatic rings. The van der Waals surface area contributed by atoms with Gasteiger partial charge in [0.15, 0.2) is 0 Å². The molecule has 2 aliphatic rings. The van der Waals surface area contributed by atoms with E-state index in [0.29, 0.717) is 45.6 Å². The zero-order chi connectivity index (χ0) is 26.2. The second kappa shape index (κ2) is 13.0. The molecule has 1 fully saturated rings. The number of aryl methyl sites for hydroxylation is 1. The number of carbonyl (C=O) groups is 2. The Morgan fingerprint density at radius 3 is 2.81 bits per heavy atom. The summed E-state index contributed by atoms with van der Waals surface area (Å²) in [5.74, 6) is -0.730. The highest BCUT2D eigenvalue weighted by Crippen LogP contribution is 2.41. The van der Waals surface area contributed by atoms with Crippen molar-refractivity contribution < 1.29 is 19.4 Å². The van der Waals surface area contributed by atoms with Crippen LogP contribution in [0.4, 0.5) is 0 Å². The van der Waals surface area contributed by atoms with Gasteiger partial charge < -0.3 is 20.5 Å². The number of nitrogens with two attached hydrogens (primary N) is 1. The van der Waals surface area contributed by atoms with E-state index < -0.39 is 11.9 Å². The van der Waals surface area contributed by atoms with Gasteiger partial charge in [-0.25, -0.2) is 9.97 Å². The lowest BCUT2D eigenvalue weighted by Crippen LogP contribution is -2.45. The first kappa shape index (κ1) is 27.0. The third kappa shape index (κ3) is 6.64.